The largest absolute Gasteiger partial charge is 0.378 e. The van der Waals surface area contributed by atoms with E-state index in [0.29, 0.717) is 49.3 Å². The number of hydrogen-bond acceptors (Lipinski definition) is 7. The second-order valence-corrected chi connectivity index (χ2v) is 8.43. The van der Waals surface area contributed by atoms with E-state index in [1.165, 1.54) is 19.3 Å². The van der Waals surface area contributed by atoms with E-state index < -0.39 is 0 Å². The van der Waals surface area contributed by atoms with Gasteiger partial charge in [0.1, 0.15) is 11.4 Å². The quantitative estimate of drug-likeness (QED) is 0.617. The van der Waals surface area contributed by atoms with Crippen LogP contribution in [0.25, 0.3) is 22.2 Å². The lowest BCUT2D eigenvalue weighted by Gasteiger charge is -2.28. The lowest BCUT2D eigenvalue weighted by molar-refractivity contribution is 0.122. The minimum atomic E-state index is -0.176. The van der Waals surface area contributed by atoms with Crippen LogP contribution < -0.4 is 15.8 Å². The molecule has 2 aliphatic rings. The van der Waals surface area contributed by atoms with E-state index in [-0.39, 0.29) is 5.56 Å². The van der Waals surface area contributed by atoms with Gasteiger partial charge in [0.15, 0.2) is 0 Å². The Balaban J connectivity index is 1.47. The third kappa shape index (κ3) is 4.61. The molecule has 0 aliphatic carbocycles. The minimum Gasteiger partial charge on any atom is -0.378 e. The van der Waals surface area contributed by atoms with Crippen LogP contribution in [0.5, 0.6) is 0 Å². The smallest absolute Gasteiger partial charge is 0.263 e. The van der Waals surface area contributed by atoms with Crippen molar-refractivity contribution in [2.75, 3.05) is 62.7 Å². The minimum absolute atomic E-state index is 0.176. The molecule has 0 spiro atoms. The Labute approximate surface area is 187 Å². The van der Waals surface area contributed by atoms with Crippen LogP contribution in [0.4, 0.5) is 11.8 Å². The van der Waals surface area contributed by atoms with Gasteiger partial charge in [0.25, 0.3) is 5.56 Å². The lowest BCUT2D eigenvalue weighted by atomic mass is 10.1. The molecule has 0 unspecified atom stereocenters. The van der Waals surface area contributed by atoms with E-state index >= 15 is 0 Å². The number of nitrogens with one attached hydrogen (secondary N) is 2. The molecule has 0 bridgehead atoms. The summed E-state index contributed by atoms with van der Waals surface area (Å²) >= 11 is 0. The summed E-state index contributed by atoms with van der Waals surface area (Å²) in [6.45, 7) is 6.65. The molecule has 1 aromatic carbocycles. The molecule has 2 aromatic heterocycles. The Kier molecular flexibility index (Phi) is 6.31. The van der Waals surface area contributed by atoms with Gasteiger partial charge in [-0.2, -0.15) is 4.98 Å². The number of fused-ring (bicyclic) bond motifs is 1. The van der Waals surface area contributed by atoms with Crippen molar-refractivity contribution in [2.24, 2.45) is 0 Å². The summed E-state index contributed by atoms with van der Waals surface area (Å²) in [5, 5.41) is 4.50. The molecule has 2 N–H and O–H groups in total. The zero-order chi connectivity index (χ0) is 21.8. The molecule has 0 atom stereocenters. The fraction of sp³-hybridized carbons (Fsp3) is 0.458. The first-order valence-electron chi connectivity index (χ1n) is 11.6. The average molecular weight is 435 g/mol. The predicted octanol–water partition coefficient (Wildman–Crippen LogP) is 2.72. The fourth-order valence-corrected chi connectivity index (χ4v) is 4.47. The van der Waals surface area contributed by atoms with Gasteiger partial charge in [-0.25, -0.2) is 4.98 Å². The van der Waals surface area contributed by atoms with E-state index in [9.17, 15) is 4.79 Å². The number of aromatic nitrogens is 3. The number of benzene rings is 1. The van der Waals surface area contributed by atoms with Crippen molar-refractivity contribution < 1.29 is 4.74 Å². The molecule has 2 aliphatic heterocycles. The number of hydrogen-bond donors (Lipinski definition) is 2. The maximum atomic E-state index is 13.3. The van der Waals surface area contributed by atoms with Crippen molar-refractivity contribution in [3.05, 3.63) is 46.8 Å². The summed E-state index contributed by atoms with van der Waals surface area (Å²) in [6.07, 6.45) is 3.84. The standard InChI is InChI=1S/C24H30N6O2/c31-23-21(20-9-8-18-6-2-3-7-19(18)26-20)22(25-10-13-29-11-4-1-5-12-29)27-24(28-23)30-14-16-32-17-15-30/h2-3,6-9H,1,4-5,10-17H2,(H2,25,27,28,31). The van der Waals surface area contributed by atoms with E-state index in [4.69, 9.17) is 14.7 Å². The Hall–Kier alpha value is -2.97. The highest BCUT2D eigenvalue weighted by Crippen LogP contribution is 2.25. The van der Waals surface area contributed by atoms with E-state index in [1.807, 2.05) is 36.4 Å². The van der Waals surface area contributed by atoms with Crippen LogP contribution in [0.15, 0.2) is 41.2 Å². The first-order chi connectivity index (χ1) is 15.8. The number of piperidine rings is 1. The topological polar surface area (TPSA) is 86.4 Å². The maximum Gasteiger partial charge on any atom is 0.263 e. The van der Waals surface area contributed by atoms with Crippen LogP contribution in [0.2, 0.25) is 0 Å². The molecule has 8 heteroatoms. The molecule has 0 amide bonds. The first kappa shape index (κ1) is 20.9. The van der Waals surface area contributed by atoms with Gasteiger partial charge in [0.05, 0.1) is 24.4 Å². The molecule has 2 fully saturated rings. The maximum absolute atomic E-state index is 13.3. The third-order valence-corrected chi connectivity index (χ3v) is 6.24. The lowest BCUT2D eigenvalue weighted by Crippen LogP contribution is -2.38. The van der Waals surface area contributed by atoms with Gasteiger partial charge in [-0.15, -0.1) is 0 Å². The number of ether oxygens (including phenoxy) is 1. The third-order valence-electron chi connectivity index (χ3n) is 6.24. The molecule has 3 aromatic rings. The number of aromatic amines is 1. The zero-order valence-corrected chi connectivity index (χ0v) is 18.3. The highest BCUT2D eigenvalue weighted by Gasteiger charge is 2.20. The summed E-state index contributed by atoms with van der Waals surface area (Å²) in [5.74, 6) is 1.18. The summed E-state index contributed by atoms with van der Waals surface area (Å²) in [7, 11) is 0. The Morgan fingerprint density at radius 3 is 2.62 bits per heavy atom. The van der Waals surface area contributed by atoms with Crippen molar-refractivity contribution in [2.45, 2.75) is 19.3 Å². The highest BCUT2D eigenvalue weighted by molar-refractivity contribution is 5.83. The van der Waals surface area contributed by atoms with Crippen LogP contribution in [0, 0.1) is 0 Å². The van der Waals surface area contributed by atoms with Gasteiger partial charge in [-0.05, 0) is 38.1 Å². The molecular formula is C24H30N6O2. The monoisotopic (exact) mass is 434 g/mol. The van der Waals surface area contributed by atoms with Gasteiger partial charge < -0.3 is 19.9 Å². The Morgan fingerprint density at radius 2 is 1.78 bits per heavy atom. The number of nitrogens with zero attached hydrogens (tertiary/aromatic N) is 4. The van der Waals surface area contributed by atoms with Crippen LogP contribution in [-0.2, 0) is 4.74 Å². The van der Waals surface area contributed by atoms with Gasteiger partial charge in [0.2, 0.25) is 5.95 Å². The van der Waals surface area contributed by atoms with Crippen molar-refractivity contribution in [3.8, 4) is 11.3 Å². The Bertz CT molecular complexity index is 1120. The highest BCUT2D eigenvalue weighted by atomic mass is 16.5. The number of pyridine rings is 1. The summed E-state index contributed by atoms with van der Waals surface area (Å²) in [6, 6.07) is 11.8. The SMILES string of the molecule is O=c1[nH]c(N2CCOCC2)nc(NCCN2CCCCC2)c1-c1ccc2ccccc2n1. The number of morpholine rings is 1. The van der Waals surface area contributed by atoms with Gasteiger partial charge in [0, 0.05) is 31.6 Å². The summed E-state index contributed by atoms with van der Waals surface area (Å²) in [5.41, 5.74) is 1.81. The van der Waals surface area contributed by atoms with Gasteiger partial charge in [-0.3, -0.25) is 9.78 Å². The molecule has 5 rings (SSSR count). The molecule has 4 heterocycles. The van der Waals surface area contributed by atoms with Gasteiger partial charge in [-0.1, -0.05) is 30.7 Å². The van der Waals surface area contributed by atoms with E-state index in [0.717, 1.165) is 37.1 Å². The van der Waals surface area contributed by atoms with E-state index in [2.05, 4.69) is 20.1 Å². The van der Waals surface area contributed by atoms with Crippen molar-refractivity contribution in [3.63, 3.8) is 0 Å². The van der Waals surface area contributed by atoms with E-state index in [1.54, 1.807) is 0 Å². The predicted molar refractivity (Wildman–Crippen MR) is 127 cm³/mol. The van der Waals surface area contributed by atoms with Crippen LogP contribution >= 0.6 is 0 Å². The molecule has 168 valence electrons. The number of H-pyrrole nitrogens is 1. The molecule has 8 nitrogen and oxygen atoms in total. The van der Waals surface area contributed by atoms with Crippen LogP contribution in [-0.4, -0.2) is 72.3 Å². The van der Waals surface area contributed by atoms with Gasteiger partial charge >= 0.3 is 0 Å². The number of para-hydroxylation sites is 1. The fourth-order valence-electron chi connectivity index (χ4n) is 4.47. The molecule has 2 saturated heterocycles. The van der Waals surface area contributed by atoms with Crippen molar-refractivity contribution in [1.82, 2.24) is 19.9 Å². The second kappa shape index (κ2) is 9.67. The molecule has 0 radical (unpaired) electrons. The first-order valence-corrected chi connectivity index (χ1v) is 11.6. The Morgan fingerprint density at radius 1 is 0.969 bits per heavy atom. The van der Waals surface area contributed by atoms with Crippen molar-refractivity contribution in [1.29, 1.82) is 0 Å². The number of anilines is 2. The molecule has 32 heavy (non-hydrogen) atoms. The number of rotatable bonds is 6. The van der Waals surface area contributed by atoms with Crippen molar-refractivity contribution >= 4 is 22.7 Å². The molecule has 0 saturated carbocycles. The summed E-state index contributed by atoms with van der Waals surface area (Å²) < 4.78 is 5.46. The zero-order valence-electron chi connectivity index (χ0n) is 18.3. The second-order valence-electron chi connectivity index (χ2n) is 8.43. The van der Waals surface area contributed by atoms with Crippen LogP contribution in [0.3, 0.4) is 0 Å². The number of likely N-dealkylation sites (tertiary alicyclic amines) is 1. The molecular weight excluding hydrogens is 404 g/mol. The normalized spacial score (nSPS) is 17.6. The van der Waals surface area contributed by atoms with Crippen LogP contribution in [0.1, 0.15) is 19.3 Å². The average Bonchev–Trinajstić information content (AvgIpc) is 2.85. The summed E-state index contributed by atoms with van der Waals surface area (Å²) in [4.78, 5) is 30.4.